The van der Waals surface area contributed by atoms with E-state index < -0.39 is 30.4 Å². The van der Waals surface area contributed by atoms with Crippen molar-refractivity contribution in [3.63, 3.8) is 0 Å². The summed E-state index contributed by atoms with van der Waals surface area (Å²) in [5.41, 5.74) is 1.64. The van der Waals surface area contributed by atoms with Gasteiger partial charge in [-0.05, 0) is 26.3 Å². The van der Waals surface area contributed by atoms with Crippen LogP contribution in [-0.4, -0.2) is 26.8 Å². The predicted octanol–water partition coefficient (Wildman–Crippen LogP) is 3.02. The summed E-state index contributed by atoms with van der Waals surface area (Å²) in [7, 11) is 0. The number of amides is 1. The number of rotatable bonds is 7. The Labute approximate surface area is 149 Å². The number of alkyl halides is 2. The Morgan fingerprint density at radius 3 is 2.35 bits per heavy atom. The molecule has 1 aromatic carbocycles. The Hall–Kier alpha value is -2.77. The molecule has 140 valence electrons. The molecule has 0 bridgehead atoms. The van der Waals surface area contributed by atoms with E-state index >= 15 is 0 Å². The molecule has 2 rings (SSSR count). The third-order valence-corrected chi connectivity index (χ3v) is 4.36. The highest BCUT2D eigenvalue weighted by Crippen LogP contribution is 2.24. The van der Waals surface area contributed by atoms with E-state index in [1.165, 1.54) is 13.8 Å². The number of hydrogen-bond donors (Lipinski definition) is 2. The largest absolute Gasteiger partial charge is 0.481 e. The van der Waals surface area contributed by atoms with E-state index in [9.17, 15) is 23.5 Å². The molecular weight excluding hydrogens is 344 g/mol. The molecular formula is C18H21F2N3O3. The summed E-state index contributed by atoms with van der Waals surface area (Å²) in [4.78, 5) is 23.9. The van der Waals surface area contributed by atoms with Gasteiger partial charge in [0.05, 0.1) is 24.1 Å². The SMILES string of the molecule is Cc1nn(C(F)F)c(C)c1CC(=O)N[C@@H](c1ccccc1)[C@@H](C)C(=O)O. The quantitative estimate of drug-likeness (QED) is 0.790. The fourth-order valence-electron chi connectivity index (χ4n) is 2.83. The molecule has 6 nitrogen and oxygen atoms in total. The number of nitrogens with zero attached hydrogens (tertiary/aromatic N) is 2. The van der Waals surface area contributed by atoms with E-state index in [0.717, 1.165) is 0 Å². The van der Waals surface area contributed by atoms with Gasteiger partial charge in [0.25, 0.3) is 0 Å². The smallest absolute Gasteiger partial charge is 0.333 e. The molecule has 0 saturated heterocycles. The van der Waals surface area contributed by atoms with E-state index in [4.69, 9.17) is 0 Å². The zero-order valence-electron chi connectivity index (χ0n) is 14.7. The molecule has 8 heteroatoms. The molecule has 0 aliphatic carbocycles. The number of benzene rings is 1. The van der Waals surface area contributed by atoms with Gasteiger partial charge < -0.3 is 10.4 Å². The zero-order chi connectivity index (χ0) is 19.4. The fourth-order valence-corrected chi connectivity index (χ4v) is 2.83. The number of nitrogens with one attached hydrogen (secondary N) is 1. The molecule has 2 aromatic rings. The monoisotopic (exact) mass is 365 g/mol. The first-order valence-corrected chi connectivity index (χ1v) is 8.12. The molecule has 0 radical (unpaired) electrons. The Balaban J connectivity index is 2.22. The van der Waals surface area contributed by atoms with Gasteiger partial charge in [0, 0.05) is 11.3 Å². The molecule has 26 heavy (non-hydrogen) atoms. The molecule has 2 N–H and O–H groups in total. The van der Waals surface area contributed by atoms with Crippen molar-refractivity contribution in [2.45, 2.75) is 39.8 Å². The Kier molecular flexibility index (Phi) is 6.07. The lowest BCUT2D eigenvalue weighted by Gasteiger charge is -2.23. The van der Waals surface area contributed by atoms with E-state index in [-0.39, 0.29) is 12.1 Å². The van der Waals surface area contributed by atoms with Gasteiger partial charge in [0.15, 0.2) is 0 Å². The second-order valence-electron chi connectivity index (χ2n) is 6.13. The molecule has 1 amide bonds. The van der Waals surface area contributed by atoms with Gasteiger partial charge in [-0.15, -0.1) is 0 Å². The van der Waals surface area contributed by atoms with Crippen molar-refractivity contribution in [3.05, 3.63) is 52.8 Å². The van der Waals surface area contributed by atoms with Gasteiger partial charge in [-0.2, -0.15) is 13.9 Å². The highest BCUT2D eigenvalue weighted by Gasteiger charge is 2.27. The summed E-state index contributed by atoms with van der Waals surface area (Å²) >= 11 is 0. The van der Waals surface area contributed by atoms with Crippen molar-refractivity contribution >= 4 is 11.9 Å². The van der Waals surface area contributed by atoms with E-state index in [1.807, 2.05) is 0 Å². The molecule has 0 spiro atoms. The maximum Gasteiger partial charge on any atom is 0.333 e. The third kappa shape index (κ3) is 4.25. The number of carbonyl (C=O) groups is 2. The summed E-state index contributed by atoms with van der Waals surface area (Å²) in [6, 6.07) is 8.03. The Morgan fingerprint density at radius 1 is 1.23 bits per heavy atom. The van der Waals surface area contributed by atoms with Gasteiger partial charge in [-0.1, -0.05) is 30.3 Å². The minimum atomic E-state index is -2.78. The number of halogens is 2. The zero-order valence-corrected chi connectivity index (χ0v) is 14.7. The second-order valence-corrected chi connectivity index (χ2v) is 6.13. The normalized spacial score (nSPS) is 13.5. The van der Waals surface area contributed by atoms with Crippen LogP contribution < -0.4 is 5.32 Å². The van der Waals surface area contributed by atoms with Crippen LogP contribution in [0.3, 0.4) is 0 Å². The molecule has 0 aliphatic rings. The number of hydrogen-bond acceptors (Lipinski definition) is 3. The van der Waals surface area contributed by atoms with Crippen LogP contribution in [0.1, 0.15) is 42.0 Å². The highest BCUT2D eigenvalue weighted by molar-refractivity contribution is 5.81. The summed E-state index contributed by atoms with van der Waals surface area (Å²) in [6.45, 7) is 1.76. The van der Waals surface area contributed by atoms with Crippen LogP contribution in [0.2, 0.25) is 0 Å². The fraction of sp³-hybridized carbons (Fsp3) is 0.389. The lowest BCUT2D eigenvalue weighted by molar-refractivity contribution is -0.142. The van der Waals surface area contributed by atoms with Crippen molar-refractivity contribution < 1.29 is 23.5 Å². The molecule has 0 unspecified atom stereocenters. The van der Waals surface area contributed by atoms with Crippen LogP contribution in [0.4, 0.5) is 8.78 Å². The van der Waals surface area contributed by atoms with Crippen LogP contribution in [0.5, 0.6) is 0 Å². The van der Waals surface area contributed by atoms with E-state index in [2.05, 4.69) is 10.4 Å². The number of carboxylic acids is 1. The van der Waals surface area contributed by atoms with Crippen molar-refractivity contribution in [2.75, 3.05) is 0 Å². The van der Waals surface area contributed by atoms with Gasteiger partial charge in [-0.25, -0.2) is 4.68 Å². The van der Waals surface area contributed by atoms with Gasteiger partial charge in [-0.3, -0.25) is 9.59 Å². The first kappa shape index (κ1) is 19.6. The van der Waals surface area contributed by atoms with E-state index in [1.54, 1.807) is 37.3 Å². The van der Waals surface area contributed by atoms with Crippen LogP contribution in [0.25, 0.3) is 0 Å². The molecule has 2 atom stereocenters. The number of carbonyl (C=O) groups excluding carboxylic acids is 1. The molecule has 1 heterocycles. The molecule has 0 fully saturated rings. The Bertz CT molecular complexity index is 790. The van der Waals surface area contributed by atoms with Crippen LogP contribution in [-0.2, 0) is 16.0 Å². The summed E-state index contributed by atoms with van der Waals surface area (Å²) in [5, 5.41) is 15.8. The lowest BCUT2D eigenvalue weighted by atomic mass is 9.94. The number of aliphatic carboxylic acids is 1. The third-order valence-electron chi connectivity index (χ3n) is 4.36. The van der Waals surface area contributed by atoms with Gasteiger partial charge in [0.1, 0.15) is 0 Å². The average molecular weight is 365 g/mol. The first-order chi connectivity index (χ1) is 12.2. The predicted molar refractivity (Wildman–Crippen MR) is 90.8 cm³/mol. The number of aryl methyl sites for hydroxylation is 1. The summed E-state index contributed by atoms with van der Waals surface area (Å²) in [6.07, 6.45) is -0.153. The van der Waals surface area contributed by atoms with Gasteiger partial charge in [0.2, 0.25) is 5.91 Å². The van der Waals surface area contributed by atoms with Crippen LogP contribution in [0.15, 0.2) is 30.3 Å². The number of aromatic nitrogens is 2. The van der Waals surface area contributed by atoms with Crippen LogP contribution >= 0.6 is 0 Å². The topological polar surface area (TPSA) is 84.2 Å². The molecule has 0 saturated carbocycles. The van der Waals surface area contributed by atoms with Crippen molar-refractivity contribution in [2.24, 2.45) is 5.92 Å². The highest BCUT2D eigenvalue weighted by atomic mass is 19.3. The van der Waals surface area contributed by atoms with Crippen molar-refractivity contribution in [1.82, 2.24) is 15.1 Å². The maximum atomic E-state index is 12.9. The molecule has 0 aliphatic heterocycles. The lowest BCUT2D eigenvalue weighted by Crippen LogP contribution is -2.36. The standard InChI is InChI=1S/C18H21F2N3O3/c1-10(17(25)26)16(13-7-5-4-6-8-13)21-15(24)9-14-11(2)22-23(12(14)3)18(19)20/h4-8,10,16,18H,9H2,1-3H3,(H,21,24)(H,25,26)/t10-,16-/m1/s1. The minimum absolute atomic E-state index is 0.153. The van der Waals surface area contributed by atoms with Crippen molar-refractivity contribution in [1.29, 1.82) is 0 Å². The Morgan fingerprint density at radius 2 is 1.85 bits per heavy atom. The maximum absolute atomic E-state index is 12.9. The van der Waals surface area contributed by atoms with E-state index in [0.29, 0.717) is 21.5 Å². The second kappa shape index (κ2) is 8.07. The average Bonchev–Trinajstić information content (AvgIpc) is 2.88. The minimum Gasteiger partial charge on any atom is -0.481 e. The van der Waals surface area contributed by atoms with Crippen LogP contribution in [0, 0.1) is 19.8 Å². The number of carboxylic acid groups (broad SMARTS) is 1. The molecule has 1 aromatic heterocycles. The van der Waals surface area contributed by atoms with Gasteiger partial charge >= 0.3 is 12.5 Å². The van der Waals surface area contributed by atoms with Crippen molar-refractivity contribution in [3.8, 4) is 0 Å². The first-order valence-electron chi connectivity index (χ1n) is 8.12. The summed E-state index contributed by atoms with van der Waals surface area (Å²) in [5.74, 6) is -2.35. The summed E-state index contributed by atoms with van der Waals surface area (Å²) < 4.78 is 26.4.